The minimum absolute atomic E-state index is 0.455. The Kier molecular flexibility index (Phi) is 7.60. The molecule has 0 rings (SSSR count). The topological polar surface area (TPSA) is 24.4 Å². The van der Waals surface area contributed by atoms with E-state index in [-0.39, 0.29) is 0 Å². The monoisotopic (exact) mass is 182 g/mol. The molecule has 2 nitrogen and oxygen atoms in total. The van der Waals surface area contributed by atoms with Crippen molar-refractivity contribution in [2.45, 2.75) is 39.7 Å². The maximum atomic E-state index is 4.25. The number of nitrogens with zero attached hydrogens (tertiary/aromatic N) is 1. The molecule has 0 aliphatic carbocycles. The fourth-order valence-electron chi connectivity index (χ4n) is 0.872. The lowest BCUT2D eigenvalue weighted by atomic mass is 10.1. The zero-order chi connectivity index (χ0) is 10.1. The molecule has 2 atom stereocenters. The van der Waals surface area contributed by atoms with Crippen LogP contribution in [0.5, 0.6) is 0 Å². The lowest BCUT2D eigenvalue weighted by Crippen LogP contribution is -2.31. The summed E-state index contributed by atoms with van der Waals surface area (Å²) in [7, 11) is 0. The fraction of sp³-hybridized carbons (Fsp3) is 0.727. The molecule has 0 aromatic rings. The van der Waals surface area contributed by atoms with Crippen molar-refractivity contribution >= 4 is 6.21 Å². The number of nitrogens with one attached hydrogen (secondary N) is 1. The zero-order valence-corrected chi connectivity index (χ0v) is 9.09. The Balaban J connectivity index is 3.46. The number of hydrogen-bond acceptors (Lipinski definition) is 2. The number of unbranched alkanes of at least 4 members (excludes halogenated alkanes) is 1. The van der Waals surface area contributed by atoms with Crippen LogP contribution in [-0.2, 0) is 0 Å². The molecule has 0 aliphatic heterocycles. The summed E-state index contributed by atoms with van der Waals surface area (Å²) in [5.74, 6) is 0.501. The predicted octanol–water partition coefficient (Wildman–Crippen LogP) is 2.62. The van der Waals surface area contributed by atoms with Gasteiger partial charge in [0.05, 0.1) is 6.67 Å². The van der Waals surface area contributed by atoms with E-state index in [9.17, 15) is 0 Å². The maximum Gasteiger partial charge on any atom is 0.0882 e. The van der Waals surface area contributed by atoms with Gasteiger partial charge in [0.1, 0.15) is 0 Å². The highest BCUT2D eigenvalue weighted by Gasteiger charge is 2.05. The van der Waals surface area contributed by atoms with Gasteiger partial charge in [-0.25, -0.2) is 0 Å². The van der Waals surface area contributed by atoms with E-state index >= 15 is 0 Å². The van der Waals surface area contributed by atoms with E-state index in [2.05, 4.69) is 37.7 Å². The van der Waals surface area contributed by atoms with E-state index in [1.54, 1.807) is 0 Å². The van der Waals surface area contributed by atoms with Gasteiger partial charge in [-0.05, 0) is 19.3 Å². The Hall–Kier alpha value is -0.630. The first-order chi connectivity index (χ1) is 6.22. The first-order valence-corrected chi connectivity index (χ1v) is 5.06. The van der Waals surface area contributed by atoms with Crippen LogP contribution >= 0.6 is 0 Å². The van der Waals surface area contributed by atoms with Crippen LogP contribution in [-0.4, -0.2) is 18.9 Å². The third-order valence-electron chi connectivity index (χ3n) is 2.21. The Morgan fingerprint density at radius 1 is 1.46 bits per heavy atom. The van der Waals surface area contributed by atoms with E-state index in [1.165, 1.54) is 6.42 Å². The van der Waals surface area contributed by atoms with Crippen LogP contribution in [0.25, 0.3) is 0 Å². The third-order valence-corrected chi connectivity index (χ3v) is 2.21. The van der Waals surface area contributed by atoms with E-state index in [1.807, 2.05) is 12.3 Å². The molecule has 0 radical (unpaired) electrons. The molecule has 76 valence electrons. The molecule has 1 N–H and O–H groups in total. The summed E-state index contributed by atoms with van der Waals surface area (Å²) >= 11 is 0. The lowest BCUT2D eigenvalue weighted by molar-refractivity contribution is 0.469. The molecular formula is C11H22N2. The lowest BCUT2D eigenvalue weighted by Gasteiger charge is -2.16. The number of hydrogen-bond donors (Lipinski definition) is 1. The second-order valence-electron chi connectivity index (χ2n) is 3.40. The van der Waals surface area contributed by atoms with Crippen molar-refractivity contribution in [3.05, 3.63) is 12.7 Å². The Morgan fingerprint density at radius 3 is 2.69 bits per heavy atom. The molecule has 0 saturated heterocycles. The third kappa shape index (κ3) is 6.52. The van der Waals surface area contributed by atoms with Gasteiger partial charge in [-0.2, -0.15) is 0 Å². The smallest absolute Gasteiger partial charge is 0.0882 e. The molecule has 0 amide bonds. The highest BCUT2D eigenvalue weighted by molar-refractivity contribution is 5.56. The van der Waals surface area contributed by atoms with Crippen LogP contribution in [0.15, 0.2) is 17.6 Å². The van der Waals surface area contributed by atoms with Gasteiger partial charge in [-0.1, -0.05) is 26.3 Å². The molecule has 0 heterocycles. The summed E-state index contributed by atoms with van der Waals surface area (Å²) in [4.78, 5) is 4.25. The van der Waals surface area contributed by atoms with Crippen molar-refractivity contribution in [3.8, 4) is 0 Å². The van der Waals surface area contributed by atoms with Crippen LogP contribution < -0.4 is 5.32 Å². The second-order valence-corrected chi connectivity index (χ2v) is 3.40. The normalized spacial score (nSPS) is 15.9. The standard InChI is InChI=1S/C11H22N2/c1-5-7-8-12-9-13-11(4)10(3)6-2/h6,8,10-11,13H,2,5,7,9H2,1,3-4H3/t10-,11+/m0/s1. The molecule has 13 heavy (non-hydrogen) atoms. The van der Waals surface area contributed by atoms with Gasteiger partial charge in [0.15, 0.2) is 0 Å². The van der Waals surface area contributed by atoms with E-state index in [4.69, 9.17) is 0 Å². The summed E-state index contributed by atoms with van der Waals surface area (Å²) in [5.41, 5.74) is 0. The highest BCUT2D eigenvalue weighted by Crippen LogP contribution is 2.01. The minimum atomic E-state index is 0.455. The number of aliphatic imine (C=N–C) groups is 1. The predicted molar refractivity (Wildman–Crippen MR) is 60.2 cm³/mol. The van der Waals surface area contributed by atoms with Crippen molar-refractivity contribution in [3.63, 3.8) is 0 Å². The molecule has 0 bridgehead atoms. The summed E-state index contributed by atoms with van der Waals surface area (Å²) in [5, 5.41) is 3.32. The van der Waals surface area contributed by atoms with Gasteiger partial charge in [0.25, 0.3) is 0 Å². The minimum Gasteiger partial charge on any atom is -0.295 e. The second kappa shape index (κ2) is 7.99. The molecule has 0 spiro atoms. The summed E-state index contributed by atoms with van der Waals surface area (Å²) in [6, 6.07) is 0.455. The molecule has 0 unspecified atom stereocenters. The Bertz CT molecular complexity index is 152. The SMILES string of the molecule is C=C[C@H](C)[C@@H](C)NCN=CCCC. The van der Waals surface area contributed by atoms with E-state index in [0.717, 1.165) is 13.1 Å². The summed E-state index contributed by atoms with van der Waals surface area (Å²) < 4.78 is 0. The average Bonchev–Trinajstić information content (AvgIpc) is 2.16. The van der Waals surface area contributed by atoms with Gasteiger partial charge in [0, 0.05) is 12.3 Å². The van der Waals surface area contributed by atoms with Gasteiger partial charge >= 0.3 is 0 Å². The van der Waals surface area contributed by atoms with Gasteiger partial charge in [-0.3, -0.25) is 10.3 Å². The summed E-state index contributed by atoms with van der Waals surface area (Å²) in [6.07, 6.45) is 6.20. The zero-order valence-electron chi connectivity index (χ0n) is 9.09. The van der Waals surface area contributed by atoms with Crippen molar-refractivity contribution in [2.75, 3.05) is 6.67 Å². The van der Waals surface area contributed by atoms with Crippen molar-refractivity contribution < 1.29 is 0 Å². The van der Waals surface area contributed by atoms with Gasteiger partial charge in [-0.15, -0.1) is 6.58 Å². The van der Waals surface area contributed by atoms with Crippen LogP contribution in [0.3, 0.4) is 0 Å². The first-order valence-electron chi connectivity index (χ1n) is 5.06. The average molecular weight is 182 g/mol. The Labute approximate surface area is 82.1 Å². The molecule has 0 aromatic heterocycles. The molecular weight excluding hydrogens is 160 g/mol. The van der Waals surface area contributed by atoms with Gasteiger partial charge < -0.3 is 0 Å². The molecule has 0 saturated carbocycles. The largest absolute Gasteiger partial charge is 0.295 e. The van der Waals surface area contributed by atoms with Crippen molar-refractivity contribution in [2.24, 2.45) is 10.9 Å². The molecule has 0 aromatic carbocycles. The van der Waals surface area contributed by atoms with Gasteiger partial charge in [0.2, 0.25) is 0 Å². The van der Waals surface area contributed by atoms with Crippen molar-refractivity contribution in [1.29, 1.82) is 0 Å². The fourth-order valence-corrected chi connectivity index (χ4v) is 0.872. The van der Waals surface area contributed by atoms with Crippen LogP contribution in [0, 0.1) is 5.92 Å². The Morgan fingerprint density at radius 2 is 2.15 bits per heavy atom. The number of rotatable bonds is 7. The van der Waals surface area contributed by atoms with E-state index < -0.39 is 0 Å². The quantitative estimate of drug-likeness (QED) is 0.475. The van der Waals surface area contributed by atoms with Crippen LogP contribution in [0.4, 0.5) is 0 Å². The molecule has 0 fully saturated rings. The van der Waals surface area contributed by atoms with Crippen LogP contribution in [0.2, 0.25) is 0 Å². The first kappa shape index (κ1) is 12.4. The molecule has 2 heteroatoms. The summed E-state index contributed by atoms with van der Waals surface area (Å²) in [6.45, 7) is 10.9. The maximum absolute atomic E-state index is 4.25. The van der Waals surface area contributed by atoms with Crippen LogP contribution in [0.1, 0.15) is 33.6 Å². The molecule has 0 aliphatic rings. The van der Waals surface area contributed by atoms with E-state index in [0.29, 0.717) is 12.0 Å². The van der Waals surface area contributed by atoms with Crippen molar-refractivity contribution in [1.82, 2.24) is 5.32 Å². The highest BCUT2D eigenvalue weighted by atomic mass is 15.0.